The van der Waals surface area contributed by atoms with E-state index in [1.54, 1.807) is 0 Å². The van der Waals surface area contributed by atoms with E-state index in [1.165, 1.54) is 18.2 Å². The van der Waals surface area contributed by atoms with Gasteiger partial charge >= 0.3 is 0 Å². The van der Waals surface area contributed by atoms with E-state index in [2.05, 4.69) is 35.1 Å². The molecule has 1 amide bonds. The standard InChI is InChI=1S/C15H21BrFNO/c1-3-5-7-12(6-4-2)18-15(19)13-9-8-11(17)10-14(13)16/h8-10,12H,3-7H2,1-2H3,(H,18,19). The van der Waals surface area contributed by atoms with Gasteiger partial charge in [0.15, 0.2) is 0 Å². The maximum absolute atomic E-state index is 13.0. The Morgan fingerprint density at radius 2 is 2.05 bits per heavy atom. The number of hydrogen-bond acceptors (Lipinski definition) is 1. The number of benzene rings is 1. The molecule has 0 saturated heterocycles. The second kappa shape index (κ2) is 8.31. The van der Waals surface area contributed by atoms with E-state index >= 15 is 0 Å². The van der Waals surface area contributed by atoms with Crippen molar-refractivity contribution in [3.8, 4) is 0 Å². The Morgan fingerprint density at radius 3 is 2.63 bits per heavy atom. The van der Waals surface area contributed by atoms with E-state index in [9.17, 15) is 9.18 Å². The number of rotatable bonds is 7. The lowest BCUT2D eigenvalue weighted by atomic mass is 10.0. The fourth-order valence-corrected chi connectivity index (χ4v) is 2.56. The van der Waals surface area contributed by atoms with Gasteiger partial charge in [-0.2, -0.15) is 0 Å². The average molecular weight is 330 g/mol. The molecule has 2 nitrogen and oxygen atoms in total. The Balaban J connectivity index is 2.69. The highest BCUT2D eigenvalue weighted by Gasteiger charge is 2.15. The van der Waals surface area contributed by atoms with E-state index in [-0.39, 0.29) is 17.8 Å². The minimum absolute atomic E-state index is 0.138. The van der Waals surface area contributed by atoms with E-state index in [0.29, 0.717) is 10.0 Å². The van der Waals surface area contributed by atoms with Crippen molar-refractivity contribution in [2.24, 2.45) is 0 Å². The molecule has 0 spiro atoms. The highest BCUT2D eigenvalue weighted by Crippen LogP contribution is 2.18. The lowest BCUT2D eigenvalue weighted by Gasteiger charge is -2.18. The molecule has 0 aliphatic heterocycles. The van der Waals surface area contributed by atoms with Gasteiger partial charge in [0.2, 0.25) is 0 Å². The number of carbonyl (C=O) groups excluding carboxylic acids is 1. The first-order chi connectivity index (χ1) is 9.08. The van der Waals surface area contributed by atoms with Crippen molar-refractivity contribution in [3.05, 3.63) is 34.1 Å². The zero-order chi connectivity index (χ0) is 14.3. The second-order valence-corrected chi connectivity index (χ2v) is 5.58. The third-order valence-electron chi connectivity index (χ3n) is 3.05. The molecule has 1 N–H and O–H groups in total. The first-order valence-electron chi connectivity index (χ1n) is 6.84. The number of amides is 1. The summed E-state index contributed by atoms with van der Waals surface area (Å²) in [5.41, 5.74) is 0.485. The summed E-state index contributed by atoms with van der Waals surface area (Å²) in [6.07, 6.45) is 5.24. The Kier molecular flexibility index (Phi) is 7.06. The molecule has 1 aromatic rings. The Labute approximate surface area is 122 Å². The Bertz CT molecular complexity index is 423. The van der Waals surface area contributed by atoms with Crippen LogP contribution in [0, 0.1) is 5.82 Å². The summed E-state index contributed by atoms with van der Waals surface area (Å²) in [6.45, 7) is 4.25. The van der Waals surface area contributed by atoms with Crippen LogP contribution in [0.1, 0.15) is 56.3 Å². The van der Waals surface area contributed by atoms with Crippen LogP contribution in [-0.4, -0.2) is 11.9 Å². The topological polar surface area (TPSA) is 29.1 Å². The van der Waals surface area contributed by atoms with Gasteiger partial charge in [-0.1, -0.05) is 33.1 Å². The normalized spacial score (nSPS) is 12.2. The third kappa shape index (κ3) is 5.31. The summed E-state index contributed by atoms with van der Waals surface area (Å²) in [4.78, 5) is 12.2. The van der Waals surface area contributed by atoms with Gasteiger partial charge in [-0.05, 0) is 47.0 Å². The van der Waals surface area contributed by atoms with Crippen molar-refractivity contribution in [1.82, 2.24) is 5.32 Å². The molecule has 0 saturated carbocycles. The van der Waals surface area contributed by atoms with Crippen molar-refractivity contribution in [2.45, 2.75) is 52.0 Å². The minimum atomic E-state index is -0.348. The summed E-state index contributed by atoms with van der Waals surface area (Å²) in [7, 11) is 0. The molecular formula is C15H21BrFNO. The van der Waals surface area contributed by atoms with Crippen molar-refractivity contribution >= 4 is 21.8 Å². The van der Waals surface area contributed by atoms with Crippen LogP contribution in [0.15, 0.2) is 22.7 Å². The summed E-state index contributed by atoms with van der Waals surface area (Å²) >= 11 is 3.23. The predicted molar refractivity (Wildman–Crippen MR) is 79.8 cm³/mol. The fourth-order valence-electron chi connectivity index (χ4n) is 2.02. The lowest BCUT2D eigenvalue weighted by Crippen LogP contribution is -2.35. The zero-order valence-corrected chi connectivity index (χ0v) is 13.1. The molecule has 19 heavy (non-hydrogen) atoms. The number of unbranched alkanes of at least 4 members (excludes halogenated alkanes) is 1. The second-order valence-electron chi connectivity index (χ2n) is 4.73. The average Bonchev–Trinajstić information content (AvgIpc) is 2.36. The van der Waals surface area contributed by atoms with Gasteiger partial charge < -0.3 is 5.32 Å². The monoisotopic (exact) mass is 329 g/mol. The van der Waals surface area contributed by atoms with Crippen LogP contribution in [0.2, 0.25) is 0 Å². The van der Waals surface area contributed by atoms with Crippen LogP contribution in [-0.2, 0) is 0 Å². The highest BCUT2D eigenvalue weighted by molar-refractivity contribution is 9.10. The lowest BCUT2D eigenvalue weighted by molar-refractivity contribution is 0.0931. The smallest absolute Gasteiger partial charge is 0.252 e. The van der Waals surface area contributed by atoms with Crippen molar-refractivity contribution in [1.29, 1.82) is 0 Å². The van der Waals surface area contributed by atoms with Crippen molar-refractivity contribution < 1.29 is 9.18 Å². The zero-order valence-electron chi connectivity index (χ0n) is 11.5. The number of hydrogen-bond donors (Lipinski definition) is 1. The van der Waals surface area contributed by atoms with E-state index in [4.69, 9.17) is 0 Å². The van der Waals surface area contributed by atoms with Crippen LogP contribution in [0.5, 0.6) is 0 Å². The van der Waals surface area contributed by atoms with Gasteiger partial charge in [-0.15, -0.1) is 0 Å². The number of nitrogens with one attached hydrogen (secondary N) is 1. The summed E-state index contributed by atoms with van der Waals surface area (Å²) in [6, 6.07) is 4.34. The van der Waals surface area contributed by atoms with Gasteiger partial charge in [-0.25, -0.2) is 4.39 Å². The van der Waals surface area contributed by atoms with Crippen LogP contribution in [0.25, 0.3) is 0 Å². The largest absolute Gasteiger partial charge is 0.349 e. The Hall–Kier alpha value is -0.900. The van der Waals surface area contributed by atoms with Gasteiger partial charge in [0.25, 0.3) is 5.91 Å². The molecule has 4 heteroatoms. The molecule has 1 unspecified atom stereocenters. The SMILES string of the molecule is CCCCC(CCC)NC(=O)c1ccc(F)cc1Br. The molecule has 0 radical (unpaired) electrons. The molecule has 0 aliphatic rings. The first kappa shape index (κ1) is 16.2. The maximum atomic E-state index is 13.0. The molecular weight excluding hydrogens is 309 g/mol. The first-order valence-corrected chi connectivity index (χ1v) is 7.63. The number of carbonyl (C=O) groups is 1. The molecule has 0 heterocycles. The molecule has 1 atom stereocenters. The van der Waals surface area contributed by atoms with Gasteiger partial charge in [-0.3, -0.25) is 4.79 Å². The Morgan fingerprint density at radius 1 is 1.32 bits per heavy atom. The minimum Gasteiger partial charge on any atom is -0.349 e. The summed E-state index contributed by atoms with van der Waals surface area (Å²) in [5, 5.41) is 3.04. The molecule has 0 fully saturated rings. The van der Waals surface area contributed by atoms with Gasteiger partial charge in [0.1, 0.15) is 5.82 Å². The molecule has 0 bridgehead atoms. The van der Waals surface area contributed by atoms with Gasteiger partial charge in [0, 0.05) is 10.5 Å². The molecule has 1 rings (SSSR count). The van der Waals surface area contributed by atoms with Crippen LogP contribution >= 0.6 is 15.9 Å². The van der Waals surface area contributed by atoms with Crippen LogP contribution < -0.4 is 5.32 Å². The molecule has 0 aromatic heterocycles. The summed E-state index contributed by atoms with van der Waals surface area (Å²) in [5.74, 6) is -0.485. The maximum Gasteiger partial charge on any atom is 0.252 e. The van der Waals surface area contributed by atoms with Crippen molar-refractivity contribution in [3.63, 3.8) is 0 Å². The number of halogens is 2. The third-order valence-corrected chi connectivity index (χ3v) is 3.71. The fraction of sp³-hybridized carbons (Fsp3) is 0.533. The molecule has 106 valence electrons. The quantitative estimate of drug-likeness (QED) is 0.773. The highest BCUT2D eigenvalue weighted by atomic mass is 79.9. The summed E-state index contributed by atoms with van der Waals surface area (Å²) < 4.78 is 13.5. The molecule has 1 aromatic carbocycles. The van der Waals surface area contributed by atoms with E-state index < -0.39 is 0 Å². The van der Waals surface area contributed by atoms with E-state index in [1.807, 2.05) is 0 Å². The predicted octanol–water partition coefficient (Wildman–Crippen LogP) is 4.68. The van der Waals surface area contributed by atoms with Crippen molar-refractivity contribution in [2.75, 3.05) is 0 Å². The molecule has 0 aliphatic carbocycles. The van der Waals surface area contributed by atoms with Crippen LogP contribution in [0.3, 0.4) is 0 Å². The van der Waals surface area contributed by atoms with E-state index in [0.717, 1.165) is 32.1 Å². The van der Waals surface area contributed by atoms with Crippen LogP contribution in [0.4, 0.5) is 4.39 Å². The van der Waals surface area contributed by atoms with Gasteiger partial charge in [0.05, 0.1) is 5.56 Å².